The van der Waals surface area contributed by atoms with E-state index in [2.05, 4.69) is 5.16 Å². The Labute approximate surface area is 121 Å². The molecule has 0 bridgehead atoms. The van der Waals surface area contributed by atoms with Crippen LogP contribution in [0.15, 0.2) is 5.16 Å². The van der Waals surface area contributed by atoms with Crippen molar-refractivity contribution in [2.45, 2.75) is 58.3 Å². The molecular weight excluding hydrogens is 254 g/mol. The van der Waals surface area contributed by atoms with E-state index in [0.29, 0.717) is 11.7 Å². The SMILES string of the molecule is CC1(C(N)=NO)CCN(C(=O)C2CCCCCC2)CC1. The maximum atomic E-state index is 12.6. The number of oxime groups is 1. The zero-order chi connectivity index (χ0) is 14.6. The van der Waals surface area contributed by atoms with Gasteiger partial charge in [0.15, 0.2) is 0 Å². The summed E-state index contributed by atoms with van der Waals surface area (Å²) in [6.45, 7) is 3.46. The van der Waals surface area contributed by atoms with Crippen LogP contribution in [0.4, 0.5) is 0 Å². The summed E-state index contributed by atoms with van der Waals surface area (Å²) in [5, 5.41) is 12.0. The number of nitrogens with two attached hydrogens (primary N) is 1. The molecule has 2 aliphatic rings. The van der Waals surface area contributed by atoms with Gasteiger partial charge in [-0.25, -0.2) is 0 Å². The normalized spacial score (nSPS) is 25.2. The van der Waals surface area contributed by atoms with Crippen LogP contribution in [0, 0.1) is 11.3 Å². The average Bonchev–Trinajstić information content (AvgIpc) is 2.75. The fourth-order valence-corrected chi connectivity index (χ4v) is 3.38. The fourth-order valence-electron chi connectivity index (χ4n) is 3.38. The van der Waals surface area contributed by atoms with Crippen molar-refractivity contribution < 1.29 is 10.0 Å². The molecule has 0 aromatic rings. The first-order valence-corrected chi connectivity index (χ1v) is 7.83. The highest BCUT2D eigenvalue weighted by Gasteiger charge is 2.37. The molecular formula is C15H27N3O2. The lowest BCUT2D eigenvalue weighted by molar-refractivity contribution is -0.137. The number of hydrogen-bond acceptors (Lipinski definition) is 3. The van der Waals surface area contributed by atoms with Gasteiger partial charge < -0.3 is 15.8 Å². The second-order valence-electron chi connectivity index (χ2n) is 6.56. The Bertz CT molecular complexity index is 365. The minimum Gasteiger partial charge on any atom is -0.409 e. The summed E-state index contributed by atoms with van der Waals surface area (Å²) in [5.41, 5.74) is 5.49. The largest absolute Gasteiger partial charge is 0.409 e. The van der Waals surface area contributed by atoms with Gasteiger partial charge in [0.25, 0.3) is 0 Å². The van der Waals surface area contributed by atoms with Crippen molar-refractivity contribution in [2.24, 2.45) is 22.2 Å². The lowest BCUT2D eigenvalue weighted by atomic mass is 9.79. The minimum absolute atomic E-state index is 0.228. The third-order valence-corrected chi connectivity index (χ3v) is 5.11. The average molecular weight is 281 g/mol. The maximum absolute atomic E-state index is 12.6. The van der Waals surface area contributed by atoms with E-state index in [0.717, 1.165) is 38.8 Å². The van der Waals surface area contributed by atoms with E-state index >= 15 is 0 Å². The first kappa shape index (κ1) is 15.1. The van der Waals surface area contributed by atoms with Gasteiger partial charge in [-0.05, 0) is 25.7 Å². The summed E-state index contributed by atoms with van der Waals surface area (Å²) in [6, 6.07) is 0. The quantitative estimate of drug-likeness (QED) is 0.268. The van der Waals surface area contributed by atoms with E-state index in [1.54, 1.807) is 0 Å². The fraction of sp³-hybridized carbons (Fsp3) is 0.867. The maximum Gasteiger partial charge on any atom is 0.225 e. The summed E-state index contributed by atoms with van der Waals surface area (Å²) in [7, 11) is 0. The number of amidine groups is 1. The summed E-state index contributed by atoms with van der Waals surface area (Å²) < 4.78 is 0. The van der Waals surface area contributed by atoms with Gasteiger partial charge in [-0.3, -0.25) is 4.79 Å². The van der Waals surface area contributed by atoms with E-state index < -0.39 is 0 Å². The van der Waals surface area contributed by atoms with Crippen molar-refractivity contribution in [2.75, 3.05) is 13.1 Å². The van der Waals surface area contributed by atoms with E-state index in [9.17, 15) is 4.79 Å². The van der Waals surface area contributed by atoms with Crippen LogP contribution in [-0.4, -0.2) is 34.9 Å². The van der Waals surface area contributed by atoms with Crippen molar-refractivity contribution in [3.05, 3.63) is 0 Å². The molecule has 1 amide bonds. The minimum atomic E-state index is -0.269. The number of likely N-dealkylation sites (tertiary alicyclic amines) is 1. The highest BCUT2D eigenvalue weighted by Crippen LogP contribution is 2.33. The molecule has 2 fully saturated rings. The topological polar surface area (TPSA) is 78.9 Å². The van der Waals surface area contributed by atoms with E-state index in [1.807, 2.05) is 11.8 Å². The molecule has 114 valence electrons. The molecule has 1 saturated carbocycles. The third-order valence-electron chi connectivity index (χ3n) is 5.11. The predicted octanol–water partition coefficient (Wildman–Crippen LogP) is 2.33. The zero-order valence-corrected chi connectivity index (χ0v) is 12.5. The molecule has 1 aliphatic carbocycles. The Kier molecular flexibility index (Phi) is 4.89. The number of nitrogens with zero attached hydrogens (tertiary/aromatic N) is 2. The molecule has 5 heteroatoms. The summed E-state index contributed by atoms with van der Waals surface area (Å²) >= 11 is 0. The number of piperidine rings is 1. The molecule has 0 atom stereocenters. The van der Waals surface area contributed by atoms with E-state index in [4.69, 9.17) is 10.9 Å². The smallest absolute Gasteiger partial charge is 0.225 e. The van der Waals surface area contributed by atoms with Crippen LogP contribution in [0.3, 0.4) is 0 Å². The van der Waals surface area contributed by atoms with Crippen molar-refractivity contribution in [1.82, 2.24) is 4.90 Å². The molecule has 0 aromatic heterocycles. The Balaban J connectivity index is 1.91. The molecule has 0 radical (unpaired) electrons. The van der Waals surface area contributed by atoms with Gasteiger partial charge in [0.05, 0.1) is 0 Å². The van der Waals surface area contributed by atoms with Crippen LogP contribution in [-0.2, 0) is 4.79 Å². The zero-order valence-electron chi connectivity index (χ0n) is 12.5. The van der Waals surface area contributed by atoms with Crippen LogP contribution >= 0.6 is 0 Å². The second kappa shape index (κ2) is 6.46. The molecule has 20 heavy (non-hydrogen) atoms. The Morgan fingerprint density at radius 1 is 1.20 bits per heavy atom. The molecule has 0 aromatic carbocycles. The number of rotatable bonds is 2. The van der Waals surface area contributed by atoms with Gasteiger partial charge in [-0.1, -0.05) is 37.8 Å². The molecule has 2 rings (SSSR count). The van der Waals surface area contributed by atoms with Gasteiger partial charge >= 0.3 is 0 Å². The van der Waals surface area contributed by atoms with E-state index in [-0.39, 0.29) is 11.3 Å². The van der Waals surface area contributed by atoms with Crippen LogP contribution in [0.2, 0.25) is 0 Å². The van der Waals surface area contributed by atoms with Crippen molar-refractivity contribution >= 4 is 11.7 Å². The van der Waals surface area contributed by atoms with Crippen molar-refractivity contribution in [1.29, 1.82) is 0 Å². The molecule has 1 aliphatic heterocycles. The van der Waals surface area contributed by atoms with Gasteiger partial charge in [0.1, 0.15) is 5.84 Å². The van der Waals surface area contributed by atoms with Crippen LogP contribution < -0.4 is 5.73 Å². The number of carbonyl (C=O) groups is 1. The van der Waals surface area contributed by atoms with Gasteiger partial charge in [-0.2, -0.15) is 0 Å². The Hall–Kier alpha value is -1.26. The van der Waals surface area contributed by atoms with Crippen LogP contribution in [0.25, 0.3) is 0 Å². The molecule has 0 spiro atoms. The van der Waals surface area contributed by atoms with Gasteiger partial charge in [0.2, 0.25) is 5.91 Å². The van der Waals surface area contributed by atoms with Crippen molar-refractivity contribution in [3.8, 4) is 0 Å². The molecule has 3 N–H and O–H groups in total. The number of amides is 1. The second-order valence-corrected chi connectivity index (χ2v) is 6.56. The summed E-state index contributed by atoms with van der Waals surface area (Å²) in [4.78, 5) is 14.6. The molecule has 5 nitrogen and oxygen atoms in total. The third kappa shape index (κ3) is 3.25. The number of carbonyl (C=O) groups excluding carboxylic acids is 1. The highest BCUT2D eigenvalue weighted by molar-refractivity contribution is 5.86. The molecule has 1 saturated heterocycles. The molecule has 1 heterocycles. The van der Waals surface area contributed by atoms with Gasteiger partial charge in [-0.15, -0.1) is 0 Å². The summed E-state index contributed by atoms with van der Waals surface area (Å²) in [6.07, 6.45) is 8.57. The number of hydrogen-bond donors (Lipinski definition) is 2. The predicted molar refractivity (Wildman–Crippen MR) is 78.5 cm³/mol. The van der Waals surface area contributed by atoms with Crippen LogP contribution in [0.1, 0.15) is 58.3 Å². The van der Waals surface area contributed by atoms with Crippen LogP contribution in [0.5, 0.6) is 0 Å². The monoisotopic (exact) mass is 281 g/mol. The molecule has 0 unspecified atom stereocenters. The first-order chi connectivity index (χ1) is 9.57. The van der Waals surface area contributed by atoms with Gasteiger partial charge in [0, 0.05) is 24.4 Å². The standard InChI is InChI=1S/C15H27N3O2/c1-15(14(16)17-20)8-10-18(11-9-15)13(19)12-6-4-2-3-5-7-12/h12,20H,2-11H2,1H3,(H2,16,17). The lowest BCUT2D eigenvalue weighted by Gasteiger charge is -2.39. The Morgan fingerprint density at radius 3 is 2.25 bits per heavy atom. The first-order valence-electron chi connectivity index (χ1n) is 7.83. The van der Waals surface area contributed by atoms with E-state index in [1.165, 1.54) is 25.7 Å². The highest BCUT2D eigenvalue weighted by atomic mass is 16.4. The Morgan fingerprint density at radius 2 is 1.75 bits per heavy atom. The lowest BCUT2D eigenvalue weighted by Crippen LogP contribution is -2.48. The summed E-state index contributed by atoms with van der Waals surface area (Å²) in [5.74, 6) is 0.846. The van der Waals surface area contributed by atoms with Crippen molar-refractivity contribution in [3.63, 3.8) is 0 Å².